The molecule has 1 aromatic rings. The summed E-state index contributed by atoms with van der Waals surface area (Å²) in [6.45, 7) is 6.70. The quantitative estimate of drug-likeness (QED) is 0.715. The molecule has 0 unspecified atom stereocenters. The molecular formula is C18H28ClN4O2+. The molecule has 1 aliphatic rings. The third kappa shape index (κ3) is 5.90. The average molecular weight is 368 g/mol. The first-order valence-corrected chi connectivity index (χ1v) is 9.22. The Morgan fingerprint density at radius 1 is 1.28 bits per heavy atom. The Hall–Kier alpha value is -1.79. The third-order valence-electron chi connectivity index (χ3n) is 4.44. The Kier molecular flexibility index (Phi) is 7.52. The molecule has 6 nitrogen and oxygen atoms in total. The van der Waals surface area contributed by atoms with E-state index in [4.69, 9.17) is 11.6 Å². The van der Waals surface area contributed by atoms with Gasteiger partial charge in [-0.25, -0.2) is 0 Å². The molecule has 1 heterocycles. The minimum absolute atomic E-state index is 0.00726. The number of anilines is 1. The Bertz CT molecular complexity index is 588. The highest BCUT2D eigenvalue weighted by atomic mass is 35.5. The monoisotopic (exact) mass is 367 g/mol. The number of hydrogen-bond donors (Lipinski definition) is 2. The Labute approximate surface area is 154 Å². The fourth-order valence-electron chi connectivity index (χ4n) is 2.92. The lowest BCUT2D eigenvalue weighted by atomic mass is 10.2. The van der Waals surface area contributed by atoms with Crippen molar-refractivity contribution in [2.24, 2.45) is 0 Å². The predicted molar refractivity (Wildman–Crippen MR) is 100 cm³/mol. The van der Waals surface area contributed by atoms with Crippen LogP contribution in [0.15, 0.2) is 24.3 Å². The zero-order valence-corrected chi connectivity index (χ0v) is 15.8. The highest BCUT2D eigenvalue weighted by Gasteiger charge is 2.25. The van der Waals surface area contributed by atoms with Crippen LogP contribution in [0.1, 0.15) is 13.3 Å². The van der Waals surface area contributed by atoms with Gasteiger partial charge in [0.1, 0.15) is 0 Å². The molecular weight excluding hydrogens is 340 g/mol. The van der Waals surface area contributed by atoms with Gasteiger partial charge in [-0.3, -0.25) is 9.59 Å². The predicted octanol–water partition coefficient (Wildman–Crippen LogP) is 0.0295. The lowest BCUT2D eigenvalue weighted by Gasteiger charge is -2.34. The number of piperazine rings is 1. The summed E-state index contributed by atoms with van der Waals surface area (Å²) in [6.07, 6.45) is 0.892. The smallest absolute Gasteiger partial charge is 0.277 e. The van der Waals surface area contributed by atoms with E-state index in [0.717, 1.165) is 43.3 Å². The van der Waals surface area contributed by atoms with Crippen molar-refractivity contribution in [3.63, 3.8) is 0 Å². The van der Waals surface area contributed by atoms with Gasteiger partial charge in [-0.1, -0.05) is 30.7 Å². The van der Waals surface area contributed by atoms with Crippen LogP contribution < -0.4 is 15.1 Å². The second-order valence-corrected chi connectivity index (χ2v) is 6.87. The topological polar surface area (TPSA) is 57.1 Å². The summed E-state index contributed by atoms with van der Waals surface area (Å²) >= 11 is 6.26. The van der Waals surface area contributed by atoms with E-state index in [9.17, 15) is 9.59 Å². The number of rotatable bonds is 7. The SMILES string of the molecule is CCCNC(=O)CN(C)C(=O)C[NH+]1CCN(c2ccccc2Cl)CC1. The van der Waals surface area contributed by atoms with Crippen LogP contribution in [-0.4, -0.2) is 69.6 Å². The molecule has 138 valence electrons. The lowest BCUT2D eigenvalue weighted by Crippen LogP contribution is -3.15. The van der Waals surface area contributed by atoms with Crippen LogP contribution in [0.25, 0.3) is 0 Å². The number of carbonyl (C=O) groups is 2. The van der Waals surface area contributed by atoms with Crippen LogP contribution >= 0.6 is 11.6 Å². The van der Waals surface area contributed by atoms with Crippen LogP contribution in [0.2, 0.25) is 5.02 Å². The highest BCUT2D eigenvalue weighted by molar-refractivity contribution is 6.33. The molecule has 0 bridgehead atoms. The molecule has 1 saturated heterocycles. The molecule has 0 aliphatic carbocycles. The summed E-state index contributed by atoms with van der Waals surface area (Å²) in [5.74, 6) is -0.0934. The van der Waals surface area contributed by atoms with Gasteiger partial charge in [0.25, 0.3) is 5.91 Å². The first kappa shape index (κ1) is 19.5. The average Bonchev–Trinajstić information content (AvgIpc) is 2.61. The molecule has 2 N–H and O–H groups in total. The van der Waals surface area contributed by atoms with Crippen LogP contribution in [-0.2, 0) is 9.59 Å². The molecule has 7 heteroatoms. The van der Waals surface area contributed by atoms with Crippen molar-refractivity contribution in [1.29, 1.82) is 0 Å². The van der Waals surface area contributed by atoms with Crippen molar-refractivity contribution in [2.45, 2.75) is 13.3 Å². The van der Waals surface area contributed by atoms with Crippen molar-refractivity contribution in [1.82, 2.24) is 10.2 Å². The Morgan fingerprint density at radius 2 is 1.96 bits per heavy atom. The van der Waals surface area contributed by atoms with Crippen molar-refractivity contribution >= 4 is 29.1 Å². The van der Waals surface area contributed by atoms with Crippen molar-refractivity contribution in [3.8, 4) is 0 Å². The van der Waals surface area contributed by atoms with Gasteiger partial charge in [0.05, 0.1) is 43.4 Å². The number of amides is 2. The molecule has 0 radical (unpaired) electrons. The Balaban J connectivity index is 1.76. The maximum Gasteiger partial charge on any atom is 0.277 e. The van der Waals surface area contributed by atoms with Crippen molar-refractivity contribution in [2.75, 3.05) is 57.8 Å². The van der Waals surface area contributed by atoms with Gasteiger partial charge in [-0.05, 0) is 18.6 Å². The second kappa shape index (κ2) is 9.63. The lowest BCUT2D eigenvalue weighted by molar-refractivity contribution is -0.892. The summed E-state index contributed by atoms with van der Waals surface area (Å²) in [5.41, 5.74) is 1.05. The van der Waals surface area contributed by atoms with Gasteiger partial charge in [-0.2, -0.15) is 0 Å². The summed E-state index contributed by atoms with van der Waals surface area (Å²) < 4.78 is 0. The fourth-order valence-corrected chi connectivity index (χ4v) is 3.18. The summed E-state index contributed by atoms with van der Waals surface area (Å²) in [7, 11) is 1.69. The molecule has 1 aliphatic heterocycles. The first-order valence-electron chi connectivity index (χ1n) is 8.85. The zero-order chi connectivity index (χ0) is 18.2. The van der Waals surface area contributed by atoms with E-state index in [0.29, 0.717) is 13.1 Å². The van der Waals surface area contributed by atoms with E-state index >= 15 is 0 Å². The van der Waals surface area contributed by atoms with E-state index < -0.39 is 0 Å². The number of nitrogens with zero attached hydrogens (tertiary/aromatic N) is 2. The van der Waals surface area contributed by atoms with E-state index in [2.05, 4.69) is 10.2 Å². The standard InChI is InChI=1S/C18H27ClN4O2/c1-3-8-20-17(24)13-21(2)18(25)14-22-9-11-23(12-10-22)16-7-5-4-6-15(16)19/h4-7H,3,8-14H2,1-2H3,(H,20,24)/p+1. The number of halogens is 1. The summed E-state index contributed by atoms with van der Waals surface area (Å²) in [4.78, 5) is 29.0. The number of carbonyl (C=O) groups excluding carboxylic acids is 2. The Morgan fingerprint density at radius 3 is 2.60 bits per heavy atom. The number of quaternary nitrogens is 1. The number of benzene rings is 1. The van der Waals surface area contributed by atoms with Crippen molar-refractivity contribution in [3.05, 3.63) is 29.3 Å². The molecule has 0 saturated carbocycles. The van der Waals surface area contributed by atoms with Crippen LogP contribution in [0.5, 0.6) is 0 Å². The van der Waals surface area contributed by atoms with Gasteiger partial charge in [0.15, 0.2) is 6.54 Å². The maximum atomic E-state index is 12.3. The van der Waals surface area contributed by atoms with Gasteiger partial charge >= 0.3 is 0 Å². The molecule has 1 fully saturated rings. The number of para-hydroxylation sites is 1. The van der Waals surface area contributed by atoms with Crippen LogP contribution in [0.4, 0.5) is 5.69 Å². The van der Waals surface area contributed by atoms with Crippen LogP contribution in [0, 0.1) is 0 Å². The third-order valence-corrected chi connectivity index (χ3v) is 4.76. The minimum Gasteiger partial charge on any atom is -0.359 e. The van der Waals surface area contributed by atoms with Crippen molar-refractivity contribution < 1.29 is 14.5 Å². The van der Waals surface area contributed by atoms with Gasteiger partial charge < -0.3 is 20.0 Å². The molecule has 0 aromatic heterocycles. The molecule has 2 rings (SSSR count). The molecule has 25 heavy (non-hydrogen) atoms. The normalized spacial score (nSPS) is 15.1. The maximum absolute atomic E-state index is 12.3. The second-order valence-electron chi connectivity index (χ2n) is 6.46. The number of likely N-dealkylation sites (N-methyl/N-ethyl adjacent to an activating group) is 1. The van der Waals surface area contributed by atoms with E-state index in [1.807, 2.05) is 31.2 Å². The van der Waals surface area contributed by atoms with Crippen LogP contribution in [0.3, 0.4) is 0 Å². The van der Waals surface area contributed by atoms with Gasteiger partial charge in [0.2, 0.25) is 5.91 Å². The van der Waals surface area contributed by atoms with Gasteiger partial charge in [-0.15, -0.1) is 0 Å². The summed E-state index contributed by atoms with van der Waals surface area (Å²) in [5, 5.41) is 3.56. The fraction of sp³-hybridized carbons (Fsp3) is 0.556. The largest absolute Gasteiger partial charge is 0.359 e. The highest BCUT2D eigenvalue weighted by Crippen LogP contribution is 2.24. The molecule has 0 spiro atoms. The molecule has 2 amide bonds. The zero-order valence-electron chi connectivity index (χ0n) is 15.1. The van der Waals surface area contributed by atoms with E-state index in [1.54, 1.807) is 7.05 Å². The number of hydrogen-bond acceptors (Lipinski definition) is 3. The summed E-state index contributed by atoms with van der Waals surface area (Å²) in [6, 6.07) is 7.85. The van der Waals surface area contributed by atoms with E-state index in [-0.39, 0.29) is 18.4 Å². The molecule has 0 atom stereocenters. The van der Waals surface area contributed by atoms with E-state index in [1.165, 1.54) is 9.80 Å². The number of nitrogens with one attached hydrogen (secondary N) is 2. The minimum atomic E-state index is -0.101. The molecule has 1 aromatic carbocycles. The van der Waals surface area contributed by atoms with Gasteiger partial charge in [0, 0.05) is 13.6 Å². The first-order chi connectivity index (χ1) is 12.0.